The SMILES string of the molecule is COc1ccccc1OCCn1nnc(N)c1C(C)(C)C. The molecule has 0 aliphatic heterocycles. The molecular formula is C15H22N4O2. The fourth-order valence-electron chi connectivity index (χ4n) is 2.23. The van der Waals surface area contributed by atoms with Gasteiger partial charge >= 0.3 is 0 Å². The van der Waals surface area contributed by atoms with Gasteiger partial charge < -0.3 is 15.2 Å². The average molecular weight is 290 g/mol. The number of nitrogens with zero attached hydrogens (tertiary/aromatic N) is 3. The Hall–Kier alpha value is -2.24. The summed E-state index contributed by atoms with van der Waals surface area (Å²) in [5.41, 5.74) is 6.71. The highest BCUT2D eigenvalue weighted by Crippen LogP contribution is 2.27. The maximum atomic E-state index is 5.90. The van der Waals surface area contributed by atoms with Crippen LogP contribution in [0.5, 0.6) is 11.5 Å². The summed E-state index contributed by atoms with van der Waals surface area (Å²) in [5.74, 6) is 1.90. The highest BCUT2D eigenvalue weighted by molar-refractivity contribution is 5.39. The van der Waals surface area contributed by atoms with E-state index < -0.39 is 0 Å². The molecule has 0 spiro atoms. The molecule has 0 saturated heterocycles. The topological polar surface area (TPSA) is 75.2 Å². The van der Waals surface area contributed by atoms with E-state index in [9.17, 15) is 0 Å². The molecule has 0 aliphatic carbocycles. The minimum Gasteiger partial charge on any atom is -0.493 e. The van der Waals surface area contributed by atoms with E-state index in [2.05, 4.69) is 31.1 Å². The maximum absolute atomic E-state index is 5.90. The molecule has 6 heteroatoms. The minimum atomic E-state index is -0.113. The van der Waals surface area contributed by atoms with Gasteiger partial charge in [-0.05, 0) is 12.1 Å². The molecule has 2 N–H and O–H groups in total. The number of hydrogen-bond donors (Lipinski definition) is 1. The van der Waals surface area contributed by atoms with Gasteiger partial charge in [-0.3, -0.25) is 0 Å². The van der Waals surface area contributed by atoms with Crippen LogP contribution in [0.2, 0.25) is 0 Å². The minimum absolute atomic E-state index is 0.113. The van der Waals surface area contributed by atoms with Crippen LogP contribution < -0.4 is 15.2 Å². The van der Waals surface area contributed by atoms with E-state index in [0.29, 0.717) is 30.5 Å². The molecule has 0 atom stereocenters. The molecule has 1 aromatic heterocycles. The highest BCUT2D eigenvalue weighted by Gasteiger charge is 2.23. The quantitative estimate of drug-likeness (QED) is 0.914. The van der Waals surface area contributed by atoms with Crippen molar-refractivity contribution in [2.75, 3.05) is 19.5 Å². The zero-order valence-corrected chi connectivity index (χ0v) is 13.0. The van der Waals surface area contributed by atoms with E-state index in [-0.39, 0.29) is 5.41 Å². The zero-order chi connectivity index (χ0) is 15.5. The zero-order valence-electron chi connectivity index (χ0n) is 13.0. The first-order valence-electron chi connectivity index (χ1n) is 6.88. The van der Waals surface area contributed by atoms with Crippen molar-refractivity contribution in [3.05, 3.63) is 30.0 Å². The van der Waals surface area contributed by atoms with Crippen LogP contribution in [0.3, 0.4) is 0 Å². The van der Waals surface area contributed by atoms with Crippen LogP contribution in [0.15, 0.2) is 24.3 Å². The van der Waals surface area contributed by atoms with E-state index >= 15 is 0 Å². The normalized spacial score (nSPS) is 11.4. The van der Waals surface area contributed by atoms with Crippen molar-refractivity contribution in [2.24, 2.45) is 0 Å². The summed E-state index contributed by atoms with van der Waals surface area (Å²) in [6.45, 7) is 7.29. The van der Waals surface area contributed by atoms with Crippen LogP contribution in [0, 0.1) is 0 Å². The van der Waals surface area contributed by atoms with Gasteiger partial charge in [-0.15, -0.1) is 5.10 Å². The van der Waals surface area contributed by atoms with Crippen molar-refractivity contribution < 1.29 is 9.47 Å². The summed E-state index contributed by atoms with van der Waals surface area (Å²) in [6.07, 6.45) is 0. The van der Waals surface area contributed by atoms with E-state index in [1.54, 1.807) is 11.8 Å². The molecule has 0 aliphatic rings. The first kappa shape index (κ1) is 15.2. The third-order valence-corrected chi connectivity index (χ3v) is 3.10. The van der Waals surface area contributed by atoms with Crippen LogP contribution in [0.1, 0.15) is 26.5 Å². The van der Waals surface area contributed by atoms with Gasteiger partial charge in [0.05, 0.1) is 19.3 Å². The third-order valence-electron chi connectivity index (χ3n) is 3.10. The summed E-state index contributed by atoms with van der Waals surface area (Å²) in [6, 6.07) is 7.55. The first-order valence-corrected chi connectivity index (χ1v) is 6.88. The number of para-hydroxylation sites is 2. The lowest BCUT2D eigenvalue weighted by molar-refractivity contribution is 0.268. The molecule has 1 aromatic carbocycles. The lowest BCUT2D eigenvalue weighted by Crippen LogP contribution is -2.22. The van der Waals surface area contributed by atoms with Crippen molar-refractivity contribution in [3.63, 3.8) is 0 Å². The lowest BCUT2D eigenvalue weighted by Gasteiger charge is -2.20. The number of anilines is 1. The van der Waals surface area contributed by atoms with Crippen LogP contribution in [-0.2, 0) is 12.0 Å². The Kier molecular flexibility index (Phi) is 4.35. The number of nitrogen functional groups attached to an aromatic ring is 1. The van der Waals surface area contributed by atoms with Gasteiger partial charge in [0, 0.05) is 5.41 Å². The second-order valence-corrected chi connectivity index (χ2v) is 5.80. The van der Waals surface area contributed by atoms with Gasteiger partial charge in [-0.25, -0.2) is 4.68 Å². The Morgan fingerprint density at radius 3 is 2.48 bits per heavy atom. The molecule has 6 nitrogen and oxygen atoms in total. The number of methoxy groups -OCH3 is 1. The number of aromatic nitrogens is 3. The molecule has 2 rings (SSSR count). The lowest BCUT2D eigenvalue weighted by atomic mass is 9.92. The number of nitrogens with two attached hydrogens (primary N) is 1. The summed E-state index contributed by atoms with van der Waals surface area (Å²) < 4.78 is 12.8. The van der Waals surface area contributed by atoms with Crippen LogP contribution >= 0.6 is 0 Å². The summed E-state index contributed by atoms with van der Waals surface area (Å²) in [5, 5.41) is 8.04. The van der Waals surface area contributed by atoms with E-state index in [1.165, 1.54) is 0 Å². The van der Waals surface area contributed by atoms with Crippen molar-refractivity contribution in [2.45, 2.75) is 32.7 Å². The maximum Gasteiger partial charge on any atom is 0.169 e. The molecule has 0 amide bonds. The summed E-state index contributed by atoms with van der Waals surface area (Å²) in [4.78, 5) is 0. The van der Waals surface area contributed by atoms with Gasteiger partial charge in [0.1, 0.15) is 6.61 Å². The third kappa shape index (κ3) is 3.45. The Balaban J connectivity index is 2.05. The van der Waals surface area contributed by atoms with Crippen molar-refractivity contribution in [3.8, 4) is 11.5 Å². The molecule has 0 bridgehead atoms. The number of rotatable bonds is 5. The van der Waals surface area contributed by atoms with Gasteiger partial charge in [0.2, 0.25) is 0 Å². The van der Waals surface area contributed by atoms with Crippen molar-refractivity contribution in [1.29, 1.82) is 0 Å². The van der Waals surface area contributed by atoms with Gasteiger partial charge in [0.25, 0.3) is 0 Å². The summed E-state index contributed by atoms with van der Waals surface area (Å²) in [7, 11) is 1.62. The van der Waals surface area contributed by atoms with Gasteiger partial charge in [-0.2, -0.15) is 0 Å². The van der Waals surface area contributed by atoms with Crippen molar-refractivity contribution in [1.82, 2.24) is 15.0 Å². The molecule has 2 aromatic rings. The molecule has 21 heavy (non-hydrogen) atoms. The smallest absolute Gasteiger partial charge is 0.169 e. The fraction of sp³-hybridized carbons (Fsp3) is 0.467. The van der Waals surface area contributed by atoms with Crippen LogP contribution in [0.4, 0.5) is 5.82 Å². The first-order chi connectivity index (χ1) is 9.93. The Labute approximate surface area is 124 Å². The Morgan fingerprint density at radius 2 is 1.86 bits per heavy atom. The number of ether oxygens (including phenoxy) is 2. The fourth-order valence-corrected chi connectivity index (χ4v) is 2.23. The average Bonchev–Trinajstić information content (AvgIpc) is 2.80. The van der Waals surface area contributed by atoms with E-state index in [1.807, 2.05) is 24.3 Å². The predicted molar refractivity (Wildman–Crippen MR) is 81.6 cm³/mol. The Bertz CT molecular complexity index is 602. The monoisotopic (exact) mass is 290 g/mol. The van der Waals surface area contributed by atoms with Crippen molar-refractivity contribution >= 4 is 5.82 Å². The largest absolute Gasteiger partial charge is 0.493 e. The predicted octanol–water partition coefficient (Wildman–Crippen LogP) is 2.25. The van der Waals surface area contributed by atoms with E-state index in [4.69, 9.17) is 15.2 Å². The Morgan fingerprint density at radius 1 is 1.19 bits per heavy atom. The highest BCUT2D eigenvalue weighted by atomic mass is 16.5. The molecule has 0 radical (unpaired) electrons. The molecule has 0 unspecified atom stereocenters. The summed E-state index contributed by atoms with van der Waals surface area (Å²) >= 11 is 0. The van der Waals surface area contributed by atoms with E-state index in [0.717, 1.165) is 5.69 Å². The van der Waals surface area contributed by atoms with Crippen LogP contribution in [0.25, 0.3) is 0 Å². The van der Waals surface area contributed by atoms with Gasteiger partial charge in [-0.1, -0.05) is 38.1 Å². The molecule has 1 heterocycles. The molecule has 0 saturated carbocycles. The number of hydrogen-bond acceptors (Lipinski definition) is 5. The van der Waals surface area contributed by atoms with Gasteiger partial charge in [0.15, 0.2) is 17.3 Å². The second-order valence-electron chi connectivity index (χ2n) is 5.80. The molecule has 114 valence electrons. The second kappa shape index (κ2) is 6.03. The van der Waals surface area contributed by atoms with Crippen LogP contribution in [-0.4, -0.2) is 28.7 Å². The standard InChI is InChI=1S/C15H22N4O2/c1-15(2,3)13-14(16)17-18-19(13)9-10-21-12-8-6-5-7-11(12)20-4/h5-8H,9-10,16H2,1-4H3. The number of benzene rings is 1. The molecular weight excluding hydrogens is 268 g/mol. The molecule has 0 fully saturated rings.